The summed E-state index contributed by atoms with van der Waals surface area (Å²) in [7, 11) is 0. The molecule has 5 rings (SSSR count). The van der Waals surface area contributed by atoms with Crippen LogP contribution in [0.25, 0.3) is 0 Å². The van der Waals surface area contributed by atoms with Crippen molar-refractivity contribution >= 4 is 17.4 Å². The van der Waals surface area contributed by atoms with E-state index in [1.54, 1.807) is 36.7 Å². The van der Waals surface area contributed by atoms with Gasteiger partial charge in [-0.1, -0.05) is 42.5 Å². The molecule has 1 amide bonds. The van der Waals surface area contributed by atoms with E-state index in [0.29, 0.717) is 40.9 Å². The molecule has 2 heterocycles. The summed E-state index contributed by atoms with van der Waals surface area (Å²) in [5.74, 6) is -1.22. The molecule has 0 bridgehead atoms. The van der Waals surface area contributed by atoms with Crippen LogP contribution in [0, 0.1) is 5.82 Å². The third-order valence-corrected chi connectivity index (χ3v) is 6.47. The molecule has 6 heteroatoms. The molecule has 2 atom stereocenters. The highest BCUT2D eigenvalue weighted by Gasteiger charge is 2.40. The Balaban J connectivity index is 1.56. The highest BCUT2D eigenvalue weighted by Crippen LogP contribution is 2.45. The van der Waals surface area contributed by atoms with Crippen molar-refractivity contribution in [3.8, 4) is 0 Å². The molecular formula is C28H24FN3O2. The number of halogens is 1. The average molecular weight is 454 g/mol. The zero-order chi connectivity index (χ0) is 23.7. The first-order valence-corrected chi connectivity index (χ1v) is 11.3. The standard InChI is InChI=1S/C28H24FN3O2/c1-17-25(28(34)32-22-8-5-13-30-16-22)26(19-9-11-21(29)12-10-19)27-23(31-17)14-20(15-24(27)33)18-6-3-2-4-7-18/h2-13,16,20,26,31H,14-15H2,1H3,(H,32,34)/t20-,26-/m1/s1. The Morgan fingerprint density at radius 3 is 2.47 bits per heavy atom. The Morgan fingerprint density at radius 2 is 1.76 bits per heavy atom. The average Bonchev–Trinajstić information content (AvgIpc) is 2.84. The van der Waals surface area contributed by atoms with Crippen LogP contribution in [-0.2, 0) is 9.59 Å². The minimum Gasteiger partial charge on any atom is -0.362 e. The molecule has 3 aromatic rings. The lowest BCUT2D eigenvalue weighted by Gasteiger charge is -2.37. The fourth-order valence-corrected chi connectivity index (χ4v) is 4.92. The number of dihydropyridines is 1. The van der Waals surface area contributed by atoms with Gasteiger partial charge in [0.1, 0.15) is 5.82 Å². The van der Waals surface area contributed by atoms with Gasteiger partial charge < -0.3 is 10.6 Å². The third kappa shape index (κ3) is 4.15. The molecule has 0 saturated heterocycles. The summed E-state index contributed by atoms with van der Waals surface area (Å²) in [6.45, 7) is 1.84. The van der Waals surface area contributed by atoms with E-state index < -0.39 is 5.92 Å². The lowest BCUT2D eigenvalue weighted by atomic mass is 9.71. The van der Waals surface area contributed by atoms with Crippen LogP contribution in [0.1, 0.15) is 42.7 Å². The van der Waals surface area contributed by atoms with Crippen molar-refractivity contribution in [3.63, 3.8) is 0 Å². The molecule has 0 radical (unpaired) electrons. The van der Waals surface area contributed by atoms with Crippen molar-refractivity contribution in [2.24, 2.45) is 0 Å². The van der Waals surface area contributed by atoms with Gasteiger partial charge in [0.2, 0.25) is 0 Å². The third-order valence-electron chi connectivity index (χ3n) is 6.47. The van der Waals surface area contributed by atoms with Gasteiger partial charge in [0.25, 0.3) is 5.91 Å². The first-order valence-electron chi connectivity index (χ1n) is 11.3. The molecular weight excluding hydrogens is 429 g/mol. The molecule has 170 valence electrons. The molecule has 0 spiro atoms. The van der Waals surface area contributed by atoms with E-state index in [2.05, 4.69) is 15.6 Å². The summed E-state index contributed by atoms with van der Waals surface area (Å²) in [4.78, 5) is 31.1. The van der Waals surface area contributed by atoms with Gasteiger partial charge in [-0.2, -0.15) is 0 Å². The number of nitrogens with zero attached hydrogens (tertiary/aromatic N) is 1. The van der Waals surface area contributed by atoms with E-state index in [1.165, 1.54) is 12.1 Å². The van der Waals surface area contributed by atoms with Crippen molar-refractivity contribution in [1.82, 2.24) is 10.3 Å². The Labute approximate surface area is 197 Å². The number of Topliss-reactive ketones (excluding diaryl/α,β-unsaturated/α-hetero) is 1. The normalized spacial score (nSPS) is 20.0. The van der Waals surface area contributed by atoms with E-state index in [1.807, 2.05) is 37.3 Å². The van der Waals surface area contributed by atoms with Crippen LogP contribution in [0.2, 0.25) is 0 Å². The summed E-state index contributed by atoms with van der Waals surface area (Å²) in [5, 5.41) is 6.26. The Morgan fingerprint density at radius 1 is 1.00 bits per heavy atom. The number of carbonyl (C=O) groups is 2. The van der Waals surface area contributed by atoms with Gasteiger partial charge in [0.15, 0.2) is 5.78 Å². The Kier molecular flexibility index (Phi) is 5.80. The van der Waals surface area contributed by atoms with Crippen LogP contribution in [0.15, 0.2) is 102 Å². The largest absolute Gasteiger partial charge is 0.362 e. The number of rotatable bonds is 4. The zero-order valence-corrected chi connectivity index (χ0v) is 18.7. The predicted octanol–water partition coefficient (Wildman–Crippen LogP) is 5.22. The number of amides is 1. The second-order valence-electron chi connectivity index (χ2n) is 8.68. The first-order chi connectivity index (χ1) is 16.5. The number of nitrogens with one attached hydrogen (secondary N) is 2. The second-order valence-corrected chi connectivity index (χ2v) is 8.68. The van der Waals surface area contributed by atoms with Gasteiger partial charge in [-0.15, -0.1) is 0 Å². The summed E-state index contributed by atoms with van der Waals surface area (Å²) < 4.78 is 13.7. The molecule has 0 saturated carbocycles. The highest BCUT2D eigenvalue weighted by molar-refractivity contribution is 6.09. The fourth-order valence-electron chi connectivity index (χ4n) is 4.92. The molecule has 2 aliphatic rings. The van der Waals surface area contributed by atoms with Gasteiger partial charge in [-0.25, -0.2) is 4.39 Å². The number of hydrogen-bond acceptors (Lipinski definition) is 4. The number of anilines is 1. The lowest BCUT2D eigenvalue weighted by molar-refractivity contribution is -0.116. The van der Waals surface area contributed by atoms with Crippen LogP contribution in [0.5, 0.6) is 0 Å². The van der Waals surface area contributed by atoms with Gasteiger partial charge in [-0.3, -0.25) is 14.6 Å². The van der Waals surface area contributed by atoms with E-state index in [0.717, 1.165) is 11.3 Å². The summed E-state index contributed by atoms with van der Waals surface area (Å²) in [6.07, 6.45) is 4.22. The maximum atomic E-state index is 13.7. The van der Waals surface area contributed by atoms with Crippen LogP contribution < -0.4 is 10.6 Å². The number of carbonyl (C=O) groups excluding carboxylic acids is 2. The lowest BCUT2D eigenvalue weighted by Crippen LogP contribution is -2.37. The van der Waals surface area contributed by atoms with Crippen molar-refractivity contribution in [3.05, 3.63) is 119 Å². The molecule has 1 aromatic heterocycles. The number of pyridine rings is 1. The fraction of sp³-hybridized carbons (Fsp3) is 0.179. The molecule has 2 N–H and O–H groups in total. The molecule has 0 fully saturated rings. The quantitative estimate of drug-likeness (QED) is 0.568. The van der Waals surface area contributed by atoms with E-state index >= 15 is 0 Å². The van der Waals surface area contributed by atoms with Gasteiger partial charge in [0.05, 0.1) is 11.9 Å². The van der Waals surface area contributed by atoms with Crippen molar-refractivity contribution in [2.45, 2.75) is 31.6 Å². The van der Waals surface area contributed by atoms with E-state index in [-0.39, 0.29) is 23.4 Å². The number of ketones is 1. The minimum atomic E-state index is -0.585. The highest BCUT2D eigenvalue weighted by atomic mass is 19.1. The predicted molar refractivity (Wildman–Crippen MR) is 128 cm³/mol. The second kappa shape index (κ2) is 9.06. The maximum Gasteiger partial charge on any atom is 0.254 e. The SMILES string of the molecule is CC1=C(C(=O)Nc2cccnc2)[C@@H](c2ccc(F)cc2)C2=C(C[C@@H](c3ccccc3)CC2=O)N1. The van der Waals surface area contributed by atoms with Crippen LogP contribution in [-0.4, -0.2) is 16.7 Å². The number of benzene rings is 2. The van der Waals surface area contributed by atoms with E-state index in [9.17, 15) is 14.0 Å². The van der Waals surface area contributed by atoms with Crippen LogP contribution >= 0.6 is 0 Å². The maximum absolute atomic E-state index is 13.7. The monoisotopic (exact) mass is 453 g/mol. The minimum absolute atomic E-state index is 0.00361. The summed E-state index contributed by atoms with van der Waals surface area (Å²) in [5.41, 5.74) is 4.92. The Bertz CT molecular complexity index is 1300. The topological polar surface area (TPSA) is 71.1 Å². The first kappa shape index (κ1) is 21.8. The summed E-state index contributed by atoms with van der Waals surface area (Å²) >= 11 is 0. The van der Waals surface area contributed by atoms with Crippen LogP contribution in [0.4, 0.5) is 10.1 Å². The zero-order valence-electron chi connectivity index (χ0n) is 18.7. The molecule has 5 nitrogen and oxygen atoms in total. The van der Waals surface area contributed by atoms with Crippen LogP contribution in [0.3, 0.4) is 0 Å². The van der Waals surface area contributed by atoms with Gasteiger partial charge in [-0.05, 0) is 54.7 Å². The van der Waals surface area contributed by atoms with Gasteiger partial charge >= 0.3 is 0 Å². The number of hydrogen-bond donors (Lipinski definition) is 2. The Hall–Kier alpha value is -4.06. The van der Waals surface area contributed by atoms with E-state index in [4.69, 9.17) is 0 Å². The number of allylic oxidation sites excluding steroid dienone is 3. The van der Waals surface area contributed by atoms with Crippen molar-refractivity contribution in [1.29, 1.82) is 0 Å². The van der Waals surface area contributed by atoms with Crippen molar-refractivity contribution in [2.75, 3.05) is 5.32 Å². The molecule has 0 unspecified atom stereocenters. The molecule has 34 heavy (non-hydrogen) atoms. The number of aromatic nitrogens is 1. The smallest absolute Gasteiger partial charge is 0.254 e. The molecule has 1 aliphatic carbocycles. The van der Waals surface area contributed by atoms with Gasteiger partial charge in [0, 0.05) is 41.1 Å². The van der Waals surface area contributed by atoms with Crippen molar-refractivity contribution < 1.29 is 14.0 Å². The molecule has 2 aromatic carbocycles. The summed E-state index contributed by atoms with van der Waals surface area (Å²) in [6, 6.07) is 19.5. The molecule has 1 aliphatic heterocycles.